The molecule has 0 bridgehead atoms. The van der Waals surface area contributed by atoms with Gasteiger partial charge in [-0.1, -0.05) is 88.4 Å². The third-order valence-corrected chi connectivity index (χ3v) is 9.29. The van der Waals surface area contributed by atoms with Crippen molar-refractivity contribution in [3.63, 3.8) is 0 Å². The Morgan fingerprint density at radius 1 is 0.511 bits per heavy atom. The average molecular weight is 634 g/mol. The van der Waals surface area contributed by atoms with E-state index in [9.17, 15) is 9.59 Å². The zero-order valence-corrected chi connectivity index (χ0v) is 28.6. The SMILES string of the molecule is CCc1c(Cc2[nH]c(Cc3[nH]c(C(=O)OCc4ccccc4)c(C)c3CC)c(CC)c2CC)[nH]c(C(=O)OCc2ccccc2)c1C. The lowest BCUT2D eigenvalue weighted by Crippen LogP contribution is -2.07. The lowest BCUT2D eigenvalue weighted by Gasteiger charge is -2.06. The predicted molar refractivity (Wildman–Crippen MR) is 186 cm³/mol. The van der Waals surface area contributed by atoms with Gasteiger partial charge in [-0.2, -0.15) is 0 Å². The van der Waals surface area contributed by atoms with Crippen LogP contribution < -0.4 is 0 Å². The third-order valence-electron chi connectivity index (χ3n) is 9.29. The van der Waals surface area contributed by atoms with Crippen LogP contribution in [-0.2, 0) is 61.2 Å². The van der Waals surface area contributed by atoms with Crippen LogP contribution in [0, 0.1) is 13.8 Å². The number of H-pyrrole nitrogens is 3. The van der Waals surface area contributed by atoms with Gasteiger partial charge in [0.2, 0.25) is 0 Å². The summed E-state index contributed by atoms with van der Waals surface area (Å²) < 4.78 is 11.4. The Hall–Kier alpha value is -4.78. The molecule has 7 nitrogen and oxygen atoms in total. The maximum absolute atomic E-state index is 13.2. The molecule has 0 atom stereocenters. The number of nitrogens with one attached hydrogen (secondary N) is 3. The van der Waals surface area contributed by atoms with E-state index >= 15 is 0 Å². The monoisotopic (exact) mass is 633 g/mol. The molecule has 0 aliphatic heterocycles. The minimum Gasteiger partial charge on any atom is -0.456 e. The second kappa shape index (κ2) is 15.2. The fourth-order valence-electron chi connectivity index (χ4n) is 6.86. The van der Waals surface area contributed by atoms with Gasteiger partial charge < -0.3 is 24.4 Å². The fourth-order valence-corrected chi connectivity index (χ4v) is 6.86. The van der Waals surface area contributed by atoms with E-state index in [1.165, 1.54) is 11.1 Å². The first-order valence-electron chi connectivity index (χ1n) is 16.8. The van der Waals surface area contributed by atoms with Crippen molar-refractivity contribution in [1.82, 2.24) is 15.0 Å². The zero-order valence-electron chi connectivity index (χ0n) is 28.6. The Morgan fingerprint density at radius 2 is 0.851 bits per heavy atom. The molecule has 3 aromatic heterocycles. The first kappa shape index (κ1) is 33.6. The van der Waals surface area contributed by atoms with Gasteiger partial charge in [-0.3, -0.25) is 0 Å². The second-order valence-electron chi connectivity index (χ2n) is 12.1. The Labute approximate surface area is 278 Å². The van der Waals surface area contributed by atoms with E-state index in [1.54, 1.807) is 0 Å². The lowest BCUT2D eigenvalue weighted by atomic mass is 9.98. The zero-order chi connectivity index (χ0) is 33.5. The summed E-state index contributed by atoms with van der Waals surface area (Å²) in [6.45, 7) is 13.1. The summed E-state index contributed by atoms with van der Waals surface area (Å²) in [5.41, 5.74) is 14.2. The van der Waals surface area contributed by atoms with Crippen molar-refractivity contribution in [2.24, 2.45) is 0 Å². The molecule has 0 aliphatic rings. The van der Waals surface area contributed by atoms with Gasteiger partial charge in [-0.25, -0.2) is 9.59 Å². The molecule has 0 saturated carbocycles. The van der Waals surface area contributed by atoms with Crippen LogP contribution in [0.1, 0.15) is 116 Å². The van der Waals surface area contributed by atoms with Crippen LogP contribution in [0.3, 0.4) is 0 Å². The van der Waals surface area contributed by atoms with Crippen molar-refractivity contribution in [2.45, 2.75) is 93.3 Å². The largest absolute Gasteiger partial charge is 0.456 e. The van der Waals surface area contributed by atoms with Crippen molar-refractivity contribution in [3.05, 3.63) is 139 Å². The van der Waals surface area contributed by atoms with E-state index in [2.05, 4.69) is 42.6 Å². The fraction of sp³-hybridized carbons (Fsp3) is 0.350. The average Bonchev–Trinajstić information content (AvgIpc) is 3.72. The summed E-state index contributed by atoms with van der Waals surface area (Å²) >= 11 is 0. The van der Waals surface area contributed by atoms with Crippen LogP contribution in [0.2, 0.25) is 0 Å². The van der Waals surface area contributed by atoms with Gasteiger partial charge in [0.1, 0.15) is 24.6 Å². The standard InChI is InChI=1S/C40H47N3O4/c1-7-29-25(5)37(39(44)46-23-27-17-13-11-14-18-27)42-33(29)21-35-31(9-3)32(10-4)36(41-35)22-34-30(8-2)26(6)38(43-34)40(45)47-24-28-19-15-12-16-20-28/h11-20,41-43H,7-10,21-24H2,1-6H3. The molecule has 2 aromatic carbocycles. The molecular weight excluding hydrogens is 586 g/mol. The van der Waals surface area contributed by atoms with E-state index in [0.29, 0.717) is 24.2 Å². The summed E-state index contributed by atoms with van der Waals surface area (Å²) in [5.74, 6) is -0.673. The number of hydrogen-bond donors (Lipinski definition) is 3. The van der Waals surface area contributed by atoms with Gasteiger partial charge in [0.15, 0.2) is 0 Å². The molecule has 0 aliphatic carbocycles. The molecule has 0 fully saturated rings. The quantitative estimate of drug-likeness (QED) is 0.107. The molecule has 7 heteroatoms. The molecule has 0 saturated heterocycles. The van der Waals surface area contributed by atoms with E-state index in [4.69, 9.17) is 9.47 Å². The summed E-state index contributed by atoms with van der Waals surface area (Å²) in [5, 5.41) is 0. The van der Waals surface area contributed by atoms with Crippen LogP contribution in [0.15, 0.2) is 60.7 Å². The smallest absolute Gasteiger partial charge is 0.355 e. The number of aromatic amines is 3. The first-order valence-corrected chi connectivity index (χ1v) is 16.8. The Kier molecular flexibility index (Phi) is 10.9. The summed E-state index contributed by atoms with van der Waals surface area (Å²) in [7, 11) is 0. The summed E-state index contributed by atoms with van der Waals surface area (Å²) in [6.07, 6.45) is 4.72. The minimum atomic E-state index is -0.336. The third kappa shape index (κ3) is 7.30. The van der Waals surface area contributed by atoms with Gasteiger partial charge in [-0.15, -0.1) is 0 Å². The van der Waals surface area contributed by atoms with Gasteiger partial charge in [-0.05, 0) is 84.0 Å². The second-order valence-corrected chi connectivity index (χ2v) is 12.1. The van der Waals surface area contributed by atoms with E-state index in [1.807, 2.05) is 74.5 Å². The molecule has 3 heterocycles. The normalized spacial score (nSPS) is 11.2. The Bertz CT molecular complexity index is 1690. The maximum Gasteiger partial charge on any atom is 0.355 e. The van der Waals surface area contributed by atoms with Crippen LogP contribution in [-0.4, -0.2) is 26.9 Å². The van der Waals surface area contributed by atoms with E-state index in [-0.39, 0.29) is 25.2 Å². The highest BCUT2D eigenvalue weighted by Gasteiger charge is 2.24. The molecule has 0 spiro atoms. The molecule has 3 N–H and O–H groups in total. The molecule has 246 valence electrons. The highest BCUT2D eigenvalue weighted by Crippen LogP contribution is 2.30. The number of hydrogen-bond acceptors (Lipinski definition) is 4. The maximum atomic E-state index is 13.2. The lowest BCUT2D eigenvalue weighted by molar-refractivity contribution is 0.0457. The number of carbonyl (C=O) groups is 2. The summed E-state index contributed by atoms with van der Waals surface area (Å²) in [6, 6.07) is 19.5. The van der Waals surface area contributed by atoms with E-state index in [0.717, 1.165) is 81.8 Å². The molecule has 0 amide bonds. The van der Waals surface area contributed by atoms with Crippen molar-refractivity contribution in [2.75, 3.05) is 0 Å². The predicted octanol–water partition coefficient (Wildman–Crippen LogP) is 8.43. The topological polar surface area (TPSA) is 100.0 Å². The number of benzene rings is 2. The van der Waals surface area contributed by atoms with Crippen LogP contribution >= 0.6 is 0 Å². The Balaban J connectivity index is 1.39. The van der Waals surface area contributed by atoms with Crippen LogP contribution in [0.25, 0.3) is 0 Å². The van der Waals surface area contributed by atoms with Gasteiger partial charge in [0.05, 0.1) is 0 Å². The van der Waals surface area contributed by atoms with Crippen molar-refractivity contribution < 1.29 is 19.1 Å². The number of carbonyl (C=O) groups excluding carboxylic acids is 2. The molecular formula is C40H47N3O4. The van der Waals surface area contributed by atoms with Gasteiger partial charge >= 0.3 is 11.9 Å². The number of ether oxygens (including phenoxy) is 2. The van der Waals surface area contributed by atoms with Crippen molar-refractivity contribution in [1.29, 1.82) is 0 Å². The number of aromatic nitrogens is 3. The minimum absolute atomic E-state index is 0.235. The van der Waals surface area contributed by atoms with Crippen LogP contribution in [0.5, 0.6) is 0 Å². The molecule has 0 radical (unpaired) electrons. The molecule has 5 aromatic rings. The first-order chi connectivity index (χ1) is 22.8. The van der Waals surface area contributed by atoms with Gasteiger partial charge in [0, 0.05) is 35.6 Å². The van der Waals surface area contributed by atoms with Gasteiger partial charge in [0.25, 0.3) is 0 Å². The van der Waals surface area contributed by atoms with Crippen molar-refractivity contribution in [3.8, 4) is 0 Å². The van der Waals surface area contributed by atoms with Crippen molar-refractivity contribution >= 4 is 11.9 Å². The number of esters is 2. The Morgan fingerprint density at radius 3 is 1.19 bits per heavy atom. The summed E-state index contributed by atoms with van der Waals surface area (Å²) in [4.78, 5) is 37.0. The highest BCUT2D eigenvalue weighted by atomic mass is 16.5. The highest BCUT2D eigenvalue weighted by molar-refractivity contribution is 5.90. The molecule has 0 unspecified atom stereocenters. The molecule has 47 heavy (non-hydrogen) atoms. The van der Waals surface area contributed by atoms with Crippen LogP contribution in [0.4, 0.5) is 0 Å². The van der Waals surface area contributed by atoms with E-state index < -0.39 is 0 Å². The number of rotatable bonds is 14. The molecule has 5 rings (SSSR count).